The molecule has 1 aromatic rings. The van der Waals surface area contributed by atoms with Gasteiger partial charge in [0.15, 0.2) is 5.78 Å². The largest absolute Gasteiger partial charge is 0.393 e. The predicted molar refractivity (Wildman–Crippen MR) is 88.1 cm³/mol. The summed E-state index contributed by atoms with van der Waals surface area (Å²) in [6, 6.07) is 6.64. The van der Waals surface area contributed by atoms with Gasteiger partial charge >= 0.3 is 0 Å². The number of hydrogen-bond donors (Lipinski definition) is 2. The van der Waals surface area contributed by atoms with Crippen LogP contribution < -0.4 is 5.32 Å². The molecule has 0 aliphatic heterocycles. The van der Waals surface area contributed by atoms with Crippen LogP contribution in [0.2, 0.25) is 5.02 Å². The van der Waals surface area contributed by atoms with Crippen LogP contribution in [0.3, 0.4) is 0 Å². The van der Waals surface area contributed by atoms with Crippen LogP contribution in [-0.2, 0) is 4.79 Å². The molecule has 2 N–H and O–H groups in total. The van der Waals surface area contributed by atoms with E-state index in [-0.39, 0.29) is 29.9 Å². The second-order valence-corrected chi connectivity index (χ2v) is 6.86. The molecular formula is C17H24ClNO3. The molecule has 0 heterocycles. The molecule has 0 aliphatic carbocycles. The number of benzene rings is 1. The van der Waals surface area contributed by atoms with E-state index in [0.29, 0.717) is 23.6 Å². The number of carbonyl (C=O) groups excluding carboxylic acids is 2. The molecule has 22 heavy (non-hydrogen) atoms. The highest BCUT2D eigenvalue weighted by Gasteiger charge is 2.21. The Labute approximate surface area is 136 Å². The number of amides is 1. The Morgan fingerprint density at radius 1 is 1.23 bits per heavy atom. The van der Waals surface area contributed by atoms with Crippen molar-refractivity contribution >= 4 is 23.3 Å². The quantitative estimate of drug-likeness (QED) is 0.721. The number of carbonyl (C=O) groups is 2. The van der Waals surface area contributed by atoms with E-state index in [1.54, 1.807) is 31.2 Å². The molecule has 0 radical (unpaired) electrons. The minimum Gasteiger partial charge on any atom is -0.393 e. The monoisotopic (exact) mass is 325 g/mol. The summed E-state index contributed by atoms with van der Waals surface area (Å²) < 4.78 is 0. The Morgan fingerprint density at radius 3 is 2.36 bits per heavy atom. The molecule has 0 fully saturated rings. The van der Waals surface area contributed by atoms with Crippen LogP contribution in [0, 0.1) is 5.41 Å². The Bertz CT molecular complexity index is 509. The zero-order valence-corrected chi connectivity index (χ0v) is 14.1. The van der Waals surface area contributed by atoms with Gasteiger partial charge in [0.05, 0.1) is 6.10 Å². The predicted octanol–water partition coefficient (Wildman–Crippen LogP) is 3.22. The van der Waals surface area contributed by atoms with Crippen LogP contribution in [0.25, 0.3) is 0 Å². The minimum absolute atomic E-state index is 0.0740. The SMILES string of the molecule is CC(O)CC(C)(C)CNC(=O)CCC(=O)c1ccc(Cl)cc1. The van der Waals surface area contributed by atoms with Crippen molar-refractivity contribution in [1.82, 2.24) is 5.32 Å². The van der Waals surface area contributed by atoms with Crippen molar-refractivity contribution in [2.45, 2.75) is 46.1 Å². The van der Waals surface area contributed by atoms with Crippen molar-refractivity contribution < 1.29 is 14.7 Å². The molecule has 4 nitrogen and oxygen atoms in total. The molecule has 1 aromatic carbocycles. The third kappa shape index (κ3) is 7.05. The second-order valence-electron chi connectivity index (χ2n) is 6.42. The number of ketones is 1. The van der Waals surface area contributed by atoms with Crippen molar-refractivity contribution in [2.75, 3.05) is 6.54 Å². The van der Waals surface area contributed by atoms with E-state index in [9.17, 15) is 14.7 Å². The van der Waals surface area contributed by atoms with Gasteiger partial charge in [0, 0.05) is 30.0 Å². The number of nitrogens with one attached hydrogen (secondary N) is 1. The van der Waals surface area contributed by atoms with Crippen LogP contribution in [-0.4, -0.2) is 29.4 Å². The van der Waals surface area contributed by atoms with Gasteiger partial charge in [0.25, 0.3) is 0 Å². The lowest BCUT2D eigenvalue weighted by atomic mass is 9.87. The minimum atomic E-state index is -0.404. The Balaban J connectivity index is 2.37. The summed E-state index contributed by atoms with van der Waals surface area (Å²) in [5, 5.41) is 12.8. The molecule has 0 saturated heterocycles. The first-order valence-electron chi connectivity index (χ1n) is 7.43. The van der Waals surface area contributed by atoms with Gasteiger partial charge in [0.2, 0.25) is 5.91 Å². The zero-order valence-electron chi connectivity index (χ0n) is 13.4. The van der Waals surface area contributed by atoms with Crippen molar-refractivity contribution in [3.63, 3.8) is 0 Å². The summed E-state index contributed by atoms with van der Waals surface area (Å²) >= 11 is 5.77. The molecule has 0 aromatic heterocycles. The normalized spacial score (nSPS) is 12.8. The number of aliphatic hydroxyl groups is 1. The van der Waals surface area contributed by atoms with Gasteiger partial charge in [-0.3, -0.25) is 9.59 Å². The lowest BCUT2D eigenvalue weighted by Crippen LogP contribution is -2.35. The zero-order chi connectivity index (χ0) is 16.8. The van der Waals surface area contributed by atoms with Crippen LogP contribution in [0.15, 0.2) is 24.3 Å². The van der Waals surface area contributed by atoms with E-state index in [1.165, 1.54) is 0 Å². The van der Waals surface area contributed by atoms with Gasteiger partial charge in [-0.15, -0.1) is 0 Å². The van der Waals surface area contributed by atoms with Gasteiger partial charge in [-0.25, -0.2) is 0 Å². The molecule has 1 rings (SSSR count). The first-order valence-corrected chi connectivity index (χ1v) is 7.81. The van der Waals surface area contributed by atoms with Gasteiger partial charge < -0.3 is 10.4 Å². The van der Waals surface area contributed by atoms with E-state index in [2.05, 4.69) is 5.32 Å². The fraction of sp³-hybridized carbons (Fsp3) is 0.529. The number of hydrogen-bond acceptors (Lipinski definition) is 3. The van der Waals surface area contributed by atoms with Gasteiger partial charge in [-0.2, -0.15) is 0 Å². The summed E-state index contributed by atoms with van der Waals surface area (Å²) in [5.74, 6) is -0.226. The average molecular weight is 326 g/mol. The van der Waals surface area contributed by atoms with E-state index in [1.807, 2.05) is 13.8 Å². The fourth-order valence-corrected chi connectivity index (χ4v) is 2.43. The third-order valence-corrected chi connectivity index (χ3v) is 3.61. The van der Waals surface area contributed by atoms with Crippen molar-refractivity contribution in [3.8, 4) is 0 Å². The smallest absolute Gasteiger partial charge is 0.220 e. The summed E-state index contributed by atoms with van der Waals surface area (Å²) in [4.78, 5) is 23.8. The standard InChI is InChI=1S/C17H24ClNO3/c1-12(20)10-17(2,3)11-19-16(22)9-8-15(21)13-4-6-14(18)7-5-13/h4-7,12,20H,8-11H2,1-3H3,(H,19,22). The lowest BCUT2D eigenvalue weighted by molar-refractivity contribution is -0.121. The van der Waals surface area contributed by atoms with Crippen LogP contribution >= 0.6 is 11.6 Å². The highest BCUT2D eigenvalue weighted by Crippen LogP contribution is 2.21. The lowest BCUT2D eigenvalue weighted by Gasteiger charge is -2.26. The highest BCUT2D eigenvalue weighted by molar-refractivity contribution is 6.30. The molecular weight excluding hydrogens is 302 g/mol. The van der Waals surface area contributed by atoms with Gasteiger partial charge in [0.1, 0.15) is 0 Å². The van der Waals surface area contributed by atoms with Gasteiger partial charge in [-0.05, 0) is 43.0 Å². The fourth-order valence-electron chi connectivity index (χ4n) is 2.31. The van der Waals surface area contributed by atoms with Crippen molar-refractivity contribution in [3.05, 3.63) is 34.9 Å². The summed E-state index contributed by atoms with van der Waals surface area (Å²) in [5.41, 5.74) is 0.385. The number of halogens is 1. The molecule has 0 bridgehead atoms. The summed E-state index contributed by atoms with van der Waals surface area (Å²) in [6.07, 6.45) is 0.534. The number of aliphatic hydroxyl groups excluding tert-OH is 1. The van der Waals surface area contributed by atoms with Crippen molar-refractivity contribution in [2.24, 2.45) is 5.41 Å². The maximum atomic E-state index is 12.0. The molecule has 1 amide bonds. The third-order valence-electron chi connectivity index (χ3n) is 3.36. The molecule has 0 spiro atoms. The average Bonchev–Trinajstić information content (AvgIpc) is 2.42. The molecule has 122 valence electrons. The van der Waals surface area contributed by atoms with E-state index >= 15 is 0 Å². The van der Waals surface area contributed by atoms with Crippen molar-refractivity contribution in [1.29, 1.82) is 0 Å². The molecule has 0 saturated carbocycles. The van der Waals surface area contributed by atoms with Crippen LogP contribution in [0.5, 0.6) is 0 Å². The van der Waals surface area contributed by atoms with Crippen LogP contribution in [0.4, 0.5) is 0 Å². The van der Waals surface area contributed by atoms with E-state index in [0.717, 1.165) is 0 Å². The first kappa shape index (κ1) is 18.7. The summed E-state index contributed by atoms with van der Waals surface area (Å²) in [6.45, 7) is 6.18. The maximum Gasteiger partial charge on any atom is 0.220 e. The molecule has 0 aliphatic rings. The molecule has 1 atom stereocenters. The highest BCUT2D eigenvalue weighted by atomic mass is 35.5. The maximum absolute atomic E-state index is 12.0. The second kappa shape index (κ2) is 8.30. The first-order chi connectivity index (χ1) is 10.2. The Kier molecular flexibility index (Phi) is 7.04. The van der Waals surface area contributed by atoms with E-state index in [4.69, 9.17) is 11.6 Å². The van der Waals surface area contributed by atoms with E-state index < -0.39 is 6.10 Å². The Hall–Kier alpha value is -1.39. The molecule has 5 heteroatoms. The summed E-state index contributed by atoms with van der Waals surface area (Å²) in [7, 11) is 0. The number of rotatable bonds is 8. The topological polar surface area (TPSA) is 66.4 Å². The van der Waals surface area contributed by atoms with Crippen LogP contribution in [0.1, 0.15) is 50.4 Å². The number of Topliss-reactive ketones (excluding diaryl/α,β-unsaturated/α-hetero) is 1. The Morgan fingerprint density at radius 2 is 1.82 bits per heavy atom. The van der Waals surface area contributed by atoms with Gasteiger partial charge in [-0.1, -0.05) is 25.4 Å². The molecule has 1 unspecified atom stereocenters.